The topological polar surface area (TPSA) is 141 Å². The number of hydrogen-bond donors (Lipinski definition) is 3. The lowest BCUT2D eigenvalue weighted by Crippen LogP contribution is -2.55. The summed E-state index contributed by atoms with van der Waals surface area (Å²) in [5.74, 6) is -0.541. The molecule has 2 atom stereocenters. The molecule has 2 amide bonds. The number of carbonyl (C=O) groups excluding carboxylic acids is 2. The van der Waals surface area contributed by atoms with Gasteiger partial charge in [-0.2, -0.15) is 5.10 Å². The Balaban J connectivity index is 1.99. The molecule has 1 aliphatic heterocycles. The first-order valence-electron chi connectivity index (χ1n) is 10.1. The van der Waals surface area contributed by atoms with Crippen LogP contribution < -0.4 is 16.8 Å². The van der Waals surface area contributed by atoms with Crippen molar-refractivity contribution >= 4 is 17.8 Å². The highest BCUT2D eigenvalue weighted by molar-refractivity contribution is 6.06. The van der Waals surface area contributed by atoms with Crippen molar-refractivity contribution in [2.75, 3.05) is 20.2 Å². The Morgan fingerprint density at radius 2 is 2.13 bits per heavy atom. The van der Waals surface area contributed by atoms with E-state index in [1.165, 1.54) is 0 Å². The van der Waals surface area contributed by atoms with Crippen molar-refractivity contribution in [1.29, 1.82) is 0 Å². The summed E-state index contributed by atoms with van der Waals surface area (Å²) >= 11 is 0. The van der Waals surface area contributed by atoms with Crippen molar-refractivity contribution < 1.29 is 14.3 Å². The Labute approximate surface area is 181 Å². The van der Waals surface area contributed by atoms with Crippen LogP contribution in [0.4, 0.5) is 0 Å². The molecule has 1 aliphatic carbocycles. The Hall–Kier alpha value is -3.24. The summed E-state index contributed by atoms with van der Waals surface area (Å²) < 4.78 is 7.41. The number of hydrogen-bond acceptors (Lipinski definition) is 7. The largest absolute Gasteiger partial charge is 0.372 e. The molecular weight excluding hydrogens is 398 g/mol. The van der Waals surface area contributed by atoms with Gasteiger partial charge in [-0.15, -0.1) is 0 Å². The molecule has 5 N–H and O–H groups in total. The predicted molar refractivity (Wildman–Crippen MR) is 117 cm³/mol. The molecule has 3 rings (SSSR count). The lowest BCUT2D eigenvalue weighted by molar-refractivity contribution is -0.114. The van der Waals surface area contributed by atoms with Gasteiger partial charge in [-0.25, -0.2) is 4.99 Å². The Bertz CT molecular complexity index is 1000. The number of nitrogens with one attached hydrogen (secondary N) is 1. The number of carbonyl (C=O) groups is 2. The summed E-state index contributed by atoms with van der Waals surface area (Å²) in [4.78, 5) is 31.4. The summed E-state index contributed by atoms with van der Waals surface area (Å²) in [6.45, 7) is 6.99. The highest BCUT2D eigenvalue weighted by Gasteiger charge is 2.47. The highest BCUT2D eigenvalue weighted by atomic mass is 16.5. The minimum absolute atomic E-state index is 0.309. The summed E-state index contributed by atoms with van der Waals surface area (Å²) in [6.07, 6.45) is 7.05. The minimum atomic E-state index is -0.886. The maximum atomic E-state index is 13.0. The predicted octanol–water partition coefficient (Wildman–Crippen LogP) is 0.211. The number of rotatable bonds is 7. The Kier molecular flexibility index (Phi) is 6.42. The molecule has 2 heterocycles. The molecule has 0 spiro atoms. The van der Waals surface area contributed by atoms with E-state index in [4.69, 9.17) is 16.2 Å². The molecule has 10 heteroatoms. The molecule has 0 aromatic carbocycles. The maximum absolute atomic E-state index is 13.0. The van der Waals surface area contributed by atoms with E-state index in [1.807, 2.05) is 37.8 Å². The molecule has 2 unspecified atom stereocenters. The average molecular weight is 428 g/mol. The van der Waals surface area contributed by atoms with E-state index < -0.39 is 11.5 Å². The van der Waals surface area contributed by atoms with Crippen LogP contribution in [0.1, 0.15) is 30.0 Å². The van der Waals surface area contributed by atoms with Crippen LogP contribution in [0.25, 0.3) is 0 Å². The SMILES string of the molecule is CCn1nc(C)cc1C(=O)NC1=NC2=CC(C(N)=O)=CC(C)(OC)C2N1C/C=C/CN. The molecule has 2 aliphatic rings. The smallest absolute Gasteiger partial charge is 0.276 e. The summed E-state index contributed by atoms with van der Waals surface area (Å²) in [5.41, 5.74) is 12.3. The average Bonchev–Trinajstić information content (AvgIpc) is 3.28. The van der Waals surface area contributed by atoms with Crippen LogP contribution in [0.2, 0.25) is 0 Å². The van der Waals surface area contributed by atoms with Crippen LogP contribution >= 0.6 is 0 Å². The monoisotopic (exact) mass is 427 g/mol. The standard InChI is InChI=1S/C21H29N7O3/c1-5-28-16(10-13(2)26-28)19(30)25-20-24-15-11-14(18(23)29)12-21(3,31-4)17(15)27(20)9-7-6-8-22/h6-7,10-12,17H,5,8-9,22H2,1-4H3,(H2,23,29)(H,24,25,30)/b7-6+. The molecule has 1 aromatic heterocycles. The van der Waals surface area contributed by atoms with Crippen LogP contribution in [-0.2, 0) is 16.1 Å². The molecule has 0 radical (unpaired) electrons. The quantitative estimate of drug-likeness (QED) is 0.531. The van der Waals surface area contributed by atoms with E-state index in [1.54, 1.807) is 30.0 Å². The number of nitrogens with zero attached hydrogens (tertiary/aromatic N) is 4. The highest BCUT2D eigenvalue weighted by Crippen LogP contribution is 2.37. The molecule has 0 fully saturated rings. The van der Waals surface area contributed by atoms with Crippen molar-refractivity contribution in [3.05, 3.63) is 53.0 Å². The molecule has 0 saturated carbocycles. The third kappa shape index (κ3) is 4.30. The molecule has 10 nitrogen and oxygen atoms in total. The second-order valence-corrected chi connectivity index (χ2v) is 7.56. The number of nitrogens with two attached hydrogens (primary N) is 2. The first-order chi connectivity index (χ1) is 14.7. The van der Waals surface area contributed by atoms with Gasteiger partial charge in [0.15, 0.2) is 0 Å². The maximum Gasteiger partial charge on any atom is 0.276 e. The molecule has 166 valence electrons. The van der Waals surface area contributed by atoms with Gasteiger partial charge in [0.05, 0.1) is 11.4 Å². The van der Waals surface area contributed by atoms with Crippen molar-refractivity contribution in [1.82, 2.24) is 20.0 Å². The third-order valence-corrected chi connectivity index (χ3v) is 5.38. The van der Waals surface area contributed by atoms with Crippen molar-refractivity contribution in [2.45, 2.75) is 39.0 Å². The number of methoxy groups -OCH3 is 1. The zero-order valence-corrected chi connectivity index (χ0v) is 18.3. The minimum Gasteiger partial charge on any atom is -0.372 e. The van der Waals surface area contributed by atoms with Gasteiger partial charge in [-0.3, -0.25) is 19.6 Å². The first-order valence-corrected chi connectivity index (χ1v) is 10.1. The number of amides is 2. The molecule has 31 heavy (non-hydrogen) atoms. The fourth-order valence-corrected chi connectivity index (χ4v) is 3.86. The summed E-state index contributed by atoms with van der Waals surface area (Å²) in [5, 5.41) is 7.23. The van der Waals surface area contributed by atoms with E-state index in [0.717, 1.165) is 5.69 Å². The van der Waals surface area contributed by atoms with Gasteiger partial charge in [-0.05, 0) is 39.0 Å². The van der Waals surface area contributed by atoms with Gasteiger partial charge in [0, 0.05) is 32.3 Å². The molecule has 0 bridgehead atoms. The number of ether oxygens (including phenoxy) is 1. The third-order valence-electron chi connectivity index (χ3n) is 5.38. The second-order valence-electron chi connectivity index (χ2n) is 7.56. The van der Waals surface area contributed by atoms with E-state index >= 15 is 0 Å². The lowest BCUT2D eigenvalue weighted by Gasteiger charge is -2.40. The fourth-order valence-electron chi connectivity index (χ4n) is 3.86. The first kappa shape index (κ1) is 22.4. The van der Waals surface area contributed by atoms with E-state index in [9.17, 15) is 9.59 Å². The molecule has 1 aromatic rings. The second kappa shape index (κ2) is 8.86. The van der Waals surface area contributed by atoms with Gasteiger partial charge in [0.25, 0.3) is 5.91 Å². The van der Waals surface area contributed by atoms with Crippen molar-refractivity contribution in [3.8, 4) is 0 Å². The summed E-state index contributed by atoms with van der Waals surface area (Å²) in [6, 6.07) is 1.36. The van der Waals surface area contributed by atoms with E-state index in [2.05, 4.69) is 15.4 Å². The zero-order chi connectivity index (χ0) is 22.8. The molecule has 0 saturated heterocycles. The number of aliphatic imine (C=N–C) groups is 1. The van der Waals surface area contributed by atoms with Gasteiger partial charge < -0.3 is 21.1 Å². The van der Waals surface area contributed by atoms with Crippen LogP contribution in [0, 0.1) is 6.92 Å². The van der Waals surface area contributed by atoms with Crippen LogP contribution in [0.5, 0.6) is 0 Å². The lowest BCUT2D eigenvalue weighted by atomic mass is 9.85. The van der Waals surface area contributed by atoms with Crippen LogP contribution in [0.3, 0.4) is 0 Å². The normalized spacial score (nSPS) is 22.8. The van der Waals surface area contributed by atoms with Gasteiger partial charge in [-0.1, -0.05) is 12.2 Å². The van der Waals surface area contributed by atoms with Gasteiger partial charge in [0.2, 0.25) is 11.9 Å². The van der Waals surface area contributed by atoms with Crippen molar-refractivity contribution in [2.24, 2.45) is 16.5 Å². The summed E-state index contributed by atoms with van der Waals surface area (Å²) in [7, 11) is 1.56. The van der Waals surface area contributed by atoms with Crippen LogP contribution in [0.15, 0.2) is 46.6 Å². The van der Waals surface area contributed by atoms with Crippen LogP contribution in [-0.4, -0.2) is 64.3 Å². The van der Waals surface area contributed by atoms with E-state index in [-0.39, 0.29) is 11.9 Å². The fraction of sp³-hybridized carbons (Fsp3) is 0.429. The van der Waals surface area contributed by atoms with E-state index in [0.29, 0.717) is 42.6 Å². The number of guanidine groups is 1. The van der Waals surface area contributed by atoms with Crippen molar-refractivity contribution in [3.63, 3.8) is 0 Å². The molecular formula is C21H29N7O3. The Morgan fingerprint density at radius 1 is 1.39 bits per heavy atom. The zero-order valence-electron chi connectivity index (χ0n) is 18.3. The van der Waals surface area contributed by atoms with Gasteiger partial charge >= 0.3 is 0 Å². The Morgan fingerprint density at radius 3 is 2.74 bits per heavy atom. The number of aromatic nitrogens is 2. The van der Waals surface area contributed by atoms with Gasteiger partial charge in [0.1, 0.15) is 17.3 Å². The number of aryl methyl sites for hydroxylation is 2. The number of fused-ring (bicyclic) bond motifs is 1. The number of primary amides is 1.